The molecule has 6 nitrogen and oxygen atoms in total. The normalized spacial score (nSPS) is 16.6. The van der Waals surface area contributed by atoms with Crippen molar-refractivity contribution in [3.8, 4) is 0 Å². The van der Waals surface area contributed by atoms with Crippen LogP contribution in [-0.4, -0.2) is 44.9 Å². The first-order valence-corrected chi connectivity index (χ1v) is 10.4. The van der Waals surface area contributed by atoms with Crippen molar-refractivity contribution in [2.75, 3.05) is 31.6 Å². The average molecular weight is 388 g/mol. The molecular formula is C20H24N2O4S. The van der Waals surface area contributed by atoms with Gasteiger partial charge in [-0.3, -0.25) is 4.79 Å². The van der Waals surface area contributed by atoms with Gasteiger partial charge in [-0.25, -0.2) is 8.42 Å². The molecule has 1 fully saturated rings. The zero-order chi connectivity index (χ0) is 19.3. The zero-order valence-electron chi connectivity index (χ0n) is 15.3. The van der Waals surface area contributed by atoms with Gasteiger partial charge in [0.1, 0.15) is 0 Å². The molecule has 144 valence electrons. The number of amides is 1. The first kappa shape index (κ1) is 19.5. The largest absolute Gasteiger partial charge is 0.379 e. The SMILES string of the molecule is C[C@@H](CC(=O)Nc1cccc(S(=O)(=O)N2CCOCC2)c1)c1ccccc1. The molecule has 27 heavy (non-hydrogen) atoms. The molecule has 0 unspecified atom stereocenters. The van der Waals surface area contributed by atoms with Crippen molar-refractivity contribution < 1.29 is 17.9 Å². The third-order valence-electron chi connectivity index (χ3n) is 4.59. The molecule has 0 aliphatic carbocycles. The Bertz CT molecular complexity index is 878. The number of nitrogens with zero attached hydrogens (tertiary/aromatic N) is 1. The molecular weight excluding hydrogens is 364 g/mol. The fourth-order valence-corrected chi connectivity index (χ4v) is 4.51. The van der Waals surface area contributed by atoms with E-state index in [1.165, 1.54) is 10.4 Å². The Morgan fingerprint density at radius 1 is 1.11 bits per heavy atom. The minimum absolute atomic E-state index is 0.0754. The van der Waals surface area contributed by atoms with E-state index in [9.17, 15) is 13.2 Å². The van der Waals surface area contributed by atoms with Gasteiger partial charge in [-0.05, 0) is 29.7 Å². The standard InChI is InChI=1S/C20H24N2O4S/c1-16(17-6-3-2-4-7-17)14-20(23)21-18-8-5-9-19(15-18)27(24,25)22-10-12-26-13-11-22/h2-9,15-16H,10-14H2,1H3,(H,21,23)/t16-/m0/s1. The van der Waals surface area contributed by atoms with Crippen molar-refractivity contribution >= 4 is 21.6 Å². The van der Waals surface area contributed by atoms with E-state index in [0.717, 1.165) is 5.56 Å². The second-order valence-corrected chi connectivity index (χ2v) is 8.55. The lowest BCUT2D eigenvalue weighted by Crippen LogP contribution is -2.40. The van der Waals surface area contributed by atoms with Crippen LogP contribution < -0.4 is 5.32 Å². The Balaban J connectivity index is 1.67. The number of nitrogens with one attached hydrogen (secondary N) is 1. The van der Waals surface area contributed by atoms with Crippen molar-refractivity contribution in [1.29, 1.82) is 0 Å². The molecule has 0 saturated carbocycles. The molecule has 3 rings (SSSR count). The molecule has 0 bridgehead atoms. The Morgan fingerprint density at radius 2 is 1.81 bits per heavy atom. The van der Waals surface area contributed by atoms with Crippen LogP contribution in [0.2, 0.25) is 0 Å². The van der Waals surface area contributed by atoms with Gasteiger partial charge < -0.3 is 10.1 Å². The topological polar surface area (TPSA) is 75.7 Å². The van der Waals surface area contributed by atoms with E-state index in [-0.39, 0.29) is 16.7 Å². The molecule has 1 atom stereocenters. The molecule has 0 spiro atoms. The van der Waals surface area contributed by atoms with Crippen LogP contribution in [-0.2, 0) is 19.6 Å². The summed E-state index contributed by atoms with van der Waals surface area (Å²) in [6.45, 7) is 3.47. The van der Waals surface area contributed by atoms with E-state index in [1.807, 2.05) is 37.3 Å². The molecule has 1 heterocycles. The number of sulfonamides is 1. The fourth-order valence-electron chi connectivity index (χ4n) is 3.06. The number of rotatable bonds is 6. The smallest absolute Gasteiger partial charge is 0.243 e. The van der Waals surface area contributed by atoms with Gasteiger partial charge in [0.15, 0.2) is 0 Å². The van der Waals surface area contributed by atoms with Crippen molar-refractivity contribution in [2.24, 2.45) is 0 Å². The number of benzene rings is 2. The number of anilines is 1. The highest BCUT2D eigenvalue weighted by Gasteiger charge is 2.26. The number of carbonyl (C=O) groups excluding carboxylic acids is 1. The Hall–Kier alpha value is -2.22. The summed E-state index contributed by atoms with van der Waals surface area (Å²) in [5, 5.41) is 2.81. The third-order valence-corrected chi connectivity index (χ3v) is 6.48. The van der Waals surface area contributed by atoms with Gasteiger partial charge in [0.05, 0.1) is 18.1 Å². The second kappa shape index (κ2) is 8.65. The van der Waals surface area contributed by atoms with Gasteiger partial charge in [0, 0.05) is 25.2 Å². The van der Waals surface area contributed by atoms with E-state index in [4.69, 9.17) is 4.74 Å². The summed E-state index contributed by atoms with van der Waals surface area (Å²) in [6, 6.07) is 16.2. The van der Waals surface area contributed by atoms with Crippen LogP contribution in [0.4, 0.5) is 5.69 Å². The molecule has 1 saturated heterocycles. The van der Waals surface area contributed by atoms with Gasteiger partial charge in [-0.1, -0.05) is 43.3 Å². The van der Waals surface area contributed by atoms with Crippen molar-refractivity contribution in [3.63, 3.8) is 0 Å². The predicted octanol–water partition coefficient (Wildman–Crippen LogP) is 2.84. The minimum Gasteiger partial charge on any atom is -0.379 e. The number of hydrogen-bond acceptors (Lipinski definition) is 4. The minimum atomic E-state index is -3.58. The maximum Gasteiger partial charge on any atom is 0.243 e. The van der Waals surface area contributed by atoms with Gasteiger partial charge in [0.25, 0.3) is 0 Å². The van der Waals surface area contributed by atoms with Crippen LogP contribution in [0.1, 0.15) is 24.8 Å². The van der Waals surface area contributed by atoms with Crippen LogP contribution in [0.15, 0.2) is 59.5 Å². The summed E-state index contributed by atoms with van der Waals surface area (Å²) in [7, 11) is -3.58. The molecule has 1 aliphatic heterocycles. The first-order chi connectivity index (χ1) is 13.0. The molecule has 0 aromatic heterocycles. The number of ether oxygens (including phenoxy) is 1. The molecule has 1 amide bonds. The summed E-state index contributed by atoms with van der Waals surface area (Å²) in [5.74, 6) is -0.0706. The van der Waals surface area contributed by atoms with Crippen LogP contribution in [0.3, 0.4) is 0 Å². The molecule has 7 heteroatoms. The summed E-state index contributed by atoms with van der Waals surface area (Å²) in [4.78, 5) is 12.6. The highest BCUT2D eigenvalue weighted by atomic mass is 32.2. The lowest BCUT2D eigenvalue weighted by atomic mass is 9.97. The highest BCUT2D eigenvalue weighted by Crippen LogP contribution is 2.22. The monoisotopic (exact) mass is 388 g/mol. The van der Waals surface area contributed by atoms with E-state index < -0.39 is 10.0 Å². The predicted molar refractivity (Wildman–Crippen MR) is 104 cm³/mol. The van der Waals surface area contributed by atoms with Gasteiger partial charge in [0.2, 0.25) is 15.9 Å². The van der Waals surface area contributed by atoms with Crippen molar-refractivity contribution in [2.45, 2.75) is 24.2 Å². The van der Waals surface area contributed by atoms with E-state index in [1.54, 1.807) is 18.2 Å². The summed E-state index contributed by atoms with van der Waals surface area (Å²) in [5.41, 5.74) is 1.57. The number of carbonyl (C=O) groups is 1. The summed E-state index contributed by atoms with van der Waals surface area (Å²) < 4.78 is 32.1. The maximum absolute atomic E-state index is 12.7. The van der Waals surface area contributed by atoms with Gasteiger partial charge in [-0.15, -0.1) is 0 Å². The average Bonchev–Trinajstić information content (AvgIpc) is 2.69. The second-order valence-electron chi connectivity index (χ2n) is 6.61. The van der Waals surface area contributed by atoms with Gasteiger partial charge >= 0.3 is 0 Å². The first-order valence-electron chi connectivity index (χ1n) is 8.99. The van der Waals surface area contributed by atoms with E-state index in [0.29, 0.717) is 38.4 Å². The molecule has 2 aromatic rings. The Kier molecular flexibility index (Phi) is 6.26. The van der Waals surface area contributed by atoms with Crippen LogP contribution in [0, 0.1) is 0 Å². The maximum atomic E-state index is 12.7. The molecule has 0 radical (unpaired) electrons. The van der Waals surface area contributed by atoms with Crippen LogP contribution >= 0.6 is 0 Å². The number of morpholine rings is 1. The van der Waals surface area contributed by atoms with Crippen LogP contribution in [0.5, 0.6) is 0 Å². The fraction of sp³-hybridized carbons (Fsp3) is 0.350. The van der Waals surface area contributed by atoms with Crippen molar-refractivity contribution in [1.82, 2.24) is 4.31 Å². The van der Waals surface area contributed by atoms with E-state index in [2.05, 4.69) is 5.32 Å². The summed E-state index contributed by atoms with van der Waals surface area (Å²) >= 11 is 0. The number of hydrogen-bond donors (Lipinski definition) is 1. The quantitative estimate of drug-likeness (QED) is 0.826. The van der Waals surface area contributed by atoms with E-state index >= 15 is 0 Å². The molecule has 2 aromatic carbocycles. The Labute approximate surface area is 160 Å². The van der Waals surface area contributed by atoms with Crippen molar-refractivity contribution in [3.05, 3.63) is 60.2 Å². The summed E-state index contributed by atoms with van der Waals surface area (Å²) in [6.07, 6.45) is 0.324. The Morgan fingerprint density at radius 3 is 2.52 bits per heavy atom. The zero-order valence-corrected chi connectivity index (χ0v) is 16.1. The molecule has 1 aliphatic rings. The van der Waals surface area contributed by atoms with Gasteiger partial charge in [-0.2, -0.15) is 4.31 Å². The lowest BCUT2D eigenvalue weighted by Gasteiger charge is -2.26. The lowest BCUT2D eigenvalue weighted by molar-refractivity contribution is -0.116. The van der Waals surface area contributed by atoms with Crippen LogP contribution in [0.25, 0.3) is 0 Å². The molecule has 1 N–H and O–H groups in total. The highest BCUT2D eigenvalue weighted by molar-refractivity contribution is 7.89. The third kappa shape index (κ3) is 4.94.